The third-order valence-corrected chi connectivity index (χ3v) is 12.6. The Hall–Kier alpha value is 0.180. The summed E-state index contributed by atoms with van der Waals surface area (Å²) in [5.41, 5.74) is 5.42. The Morgan fingerprint density at radius 2 is 0.441 bits per heavy atom. The first-order chi connectivity index (χ1) is 28.7. The summed E-state index contributed by atoms with van der Waals surface area (Å²) in [5, 5.41) is 0. The van der Waals surface area contributed by atoms with Gasteiger partial charge in [-0.2, -0.15) is 0 Å². The lowest BCUT2D eigenvalue weighted by molar-refractivity contribution is 0.144. The summed E-state index contributed by atoms with van der Waals surface area (Å²) >= 11 is 0. The molecule has 9 nitrogen and oxygen atoms in total. The van der Waals surface area contributed by atoms with E-state index in [1.807, 2.05) is 0 Å². The van der Waals surface area contributed by atoms with Gasteiger partial charge >= 0.3 is 15.6 Å². The van der Waals surface area contributed by atoms with Crippen molar-refractivity contribution in [2.45, 2.75) is 279 Å². The fourth-order valence-corrected chi connectivity index (χ4v) is 8.25. The van der Waals surface area contributed by atoms with Gasteiger partial charge in [-0.05, 0) is 38.6 Å². The van der Waals surface area contributed by atoms with Gasteiger partial charge in [0.15, 0.2) is 0 Å². The van der Waals surface area contributed by atoms with Crippen LogP contribution >= 0.6 is 15.6 Å². The molecular weight excluding hydrogens is 780 g/mol. The summed E-state index contributed by atoms with van der Waals surface area (Å²) in [5.74, 6) is 0. The number of nitrogens with two attached hydrogens (primary N) is 1. The van der Waals surface area contributed by atoms with Crippen molar-refractivity contribution in [2.75, 3.05) is 33.0 Å². The minimum atomic E-state index is -3.83. The van der Waals surface area contributed by atoms with Gasteiger partial charge in [-0.15, -0.1) is 0 Å². The minimum absolute atomic E-state index is 0.316. The van der Waals surface area contributed by atoms with Crippen molar-refractivity contribution in [3.8, 4) is 0 Å². The molecule has 0 radical (unpaired) electrons. The van der Waals surface area contributed by atoms with Crippen molar-refractivity contribution in [3.05, 3.63) is 0 Å². The van der Waals surface area contributed by atoms with Crippen LogP contribution in [-0.2, 0) is 27.2 Å². The Morgan fingerprint density at radius 3 is 0.610 bits per heavy atom. The highest BCUT2D eigenvalue weighted by Crippen LogP contribution is 2.44. The van der Waals surface area contributed by atoms with Crippen LogP contribution in [0.2, 0.25) is 0 Å². The van der Waals surface area contributed by atoms with E-state index in [1.54, 1.807) is 0 Å². The Bertz CT molecular complexity index is 796. The first-order valence-electron chi connectivity index (χ1n) is 25.6. The maximum absolute atomic E-state index is 11.7. The summed E-state index contributed by atoms with van der Waals surface area (Å²) in [6.07, 6.45) is 46.6. The molecule has 0 aromatic rings. The molecule has 360 valence electrons. The fraction of sp³-hybridized carbons (Fsp3) is 1.00. The molecule has 0 aliphatic heterocycles. The molecule has 11 heteroatoms. The molecule has 0 bridgehead atoms. The molecular formula is C48H105NO8P2. The maximum atomic E-state index is 11.7. The van der Waals surface area contributed by atoms with Gasteiger partial charge in [0, 0.05) is 0 Å². The summed E-state index contributed by atoms with van der Waals surface area (Å²) < 4.78 is 43.3. The van der Waals surface area contributed by atoms with E-state index in [0.717, 1.165) is 57.9 Å². The molecule has 0 atom stereocenters. The van der Waals surface area contributed by atoms with Crippen molar-refractivity contribution in [1.82, 2.24) is 0 Å². The van der Waals surface area contributed by atoms with Crippen LogP contribution in [0.5, 0.6) is 0 Å². The van der Waals surface area contributed by atoms with E-state index in [9.17, 15) is 18.9 Å². The Morgan fingerprint density at radius 1 is 0.288 bits per heavy atom. The molecule has 4 N–H and O–H groups in total. The first-order valence-corrected chi connectivity index (χ1v) is 28.6. The van der Waals surface area contributed by atoms with Crippen LogP contribution < -0.4 is 5.73 Å². The van der Waals surface area contributed by atoms with Gasteiger partial charge in [-0.3, -0.25) is 18.1 Å². The molecule has 0 aliphatic carbocycles. The monoisotopic (exact) mass is 886 g/mol. The van der Waals surface area contributed by atoms with Gasteiger partial charge in [-0.25, -0.2) is 9.13 Å². The van der Waals surface area contributed by atoms with Crippen LogP contribution in [0, 0.1) is 0 Å². The summed E-state index contributed by atoms with van der Waals surface area (Å²) in [7, 11) is -7.65. The molecule has 0 aromatic carbocycles. The van der Waals surface area contributed by atoms with Crippen LogP contribution in [0.4, 0.5) is 0 Å². The van der Waals surface area contributed by atoms with Gasteiger partial charge in [0.25, 0.3) is 0 Å². The molecule has 0 rings (SSSR count). The standard InChI is InChI=1S/C20H43O4P.C16H35O4P.C12H27N/c1-3-5-7-9-11-13-15-17-19-23-25(21,22)24-20-18-16-14-12-10-8-6-4-2;1-3-5-7-9-11-13-15-19-21(17,18)20-16-14-12-10-8-6-4-2;1-2-3-4-5-6-7-8-9-10-11-12-13/h3-20H2,1-2H3,(H,21,22);3-16H2,1-2H3,(H,17,18);2-13H2,1H3. The summed E-state index contributed by atoms with van der Waals surface area (Å²) in [6, 6.07) is 0. The van der Waals surface area contributed by atoms with E-state index in [2.05, 4.69) is 34.6 Å². The smallest absolute Gasteiger partial charge is 0.330 e. The molecule has 0 spiro atoms. The Kier molecular flexibility index (Phi) is 58.4. The first kappa shape index (κ1) is 63.5. The zero-order valence-corrected chi connectivity index (χ0v) is 42.0. The normalized spacial score (nSPS) is 11.7. The van der Waals surface area contributed by atoms with E-state index in [0.29, 0.717) is 26.4 Å². The highest BCUT2D eigenvalue weighted by atomic mass is 31.2. The Balaban J connectivity index is -0.000000836. The SMILES string of the molecule is CCCCCCCCCCCCN.CCCCCCCCCCOP(=O)(O)OCCCCCCCCCC.CCCCCCCCOP(=O)(O)OCCCCCCCC. The lowest BCUT2D eigenvalue weighted by Gasteiger charge is -2.12. The van der Waals surface area contributed by atoms with E-state index in [-0.39, 0.29) is 0 Å². The molecule has 0 aromatic heterocycles. The third-order valence-electron chi connectivity index (χ3n) is 10.6. The predicted molar refractivity (Wildman–Crippen MR) is 256 cm³/mol. The fourth-order valence-electron chi connectivity index (χ4n) is 6.66. The third kappa shape index (κ3) is 62.6. The zero-order valence-electron chi connectivity index (χ0n) is 40.2. The van der Waals surface area contributed by atoms with Crippen LogP contribution in [0.25, 0.3) is 0 Å². The maximum Gasteiger partial charge on any atom is 0.472 e. The lowest BCUT2D eigenvalue weighted by Crippen LogP contribution is -1.99. The molecule has 0 unspecified atom stereocenters. The van der Waals surface area contributed by atoms with Crippen LogP contribution in [0.3, 0.4) is 0 Å². The molecule has 0 amide bonds. The topological polar surface area (TPSA) is 138 Å². The van der Waals surface area contributed by atoms with Crippen molar-refractivity contribution >= 4 is 15.6 Å². The number of phosphoric ester groups is 2. The van der Waals surface area contributed by atoms with Crippen molar-refractivity contribution < 1.29 is 37.0 Å². The van der Waals surface area contributed by atoms with Crippen molar-refractivity contribution in [3.63, 3.8) is 0 Å². The quantitative estimate of drug-likeness (QED) is 0.0403. The average Bonchev–Trinajstić information content (AvgIpc) is 3.21. The van der Waals surface area contributed by atoms with Crippen LogP contribution in [0.15, 0.2) is 0 Å². The second-order valence-corrected chi connectivity index (χ2v) is 19.6. The van der Waals surface area contributed by atoms with E-state index in [1.165, 1.54) is 193 Å². The van der Waals surface area contributed by atoms with E-state index in [4.69, 9.17) is 23.8 Å². The van der Waals surface area contributed by atoms with Gasteiger partial charge in [0.1, 0.15) is 0 Å². The number of rotatable bonds is 46. The highest BCUT2D eigenvalue weighted by Gasteiger charge is 2.20. The Labute approximate surface area is 368 Å². The average molecular weight is 886 g/mol. The number of hydrogen-bond acceptors (Lipinski definition) is 7. The van der Waals surface area contributed by atoms with Gasteiger partial charge < -0.3 is 15.5 Å². The number of hydrogen-bond donors (Lipinski definition) is 3. The summed E-state index contributed by atoms with van der Waals surface area (Å²) in [6.45, 7) is 13.2. The molecule has 0 aliphatic rings. The summed E-state index contributed by atoms with van der Waals surface area (Å²) in [4.78, 5) is 19.1. The van der Waals surface area contributed by atoms with Crippen molar-refractivity contribution in [1.29, 1.82) is 0 Å². The van der Waals surface area contributed by atoms with Crippen LogP contribution in [0.1, 0.15) is 279 Å². The molecule has 0 saturated heterocycles. The van der Waals surface area contributed by atoms with Gasteiger partial charge in [0.2, 0.25) is 0 Å². The second kappa shape index (κ2) is 54.3. The highest BCUT2D eigenvalue weighted by molar-refractivity contribution is 7.47. The number of phosphoric acid groups is 2. The van der Waals surface area contributed by atoms with Gasteiger partial charge in [0.05, 0.1) is 26.4 Å². The minimum Gasteiger partial charge on any atom is -0.330 e. The second-order valence-electron chi connectivity index (χ2n) is 16.7. The van der Waals surface area contributed by atoms with Crippen molar-refractivity contribution in [2.24, 2.45) is 5.73 Å². The van der Waals surface area contributed by atoms with E-state index >= 15 is 0 Å². The molecule has 0 fully saturated rings. The molecule has 0 saturated carbocycles. The van der Waals surface area contributed by atoms with Crippen LogP contribution in [-0.4, -0.2) is 42.8 Å². The largest absolute Gasteiger partial charge is 0.472 e. The molecule has 59 heavy (non-hydrogen) atoms. The van der Waals surface area contributed by atoms with Gasteiger partial charge in [-0.1, -0.05) is 247 Å². The lowest BCUT2D eigenvalue weighted by atomic mass is 10.1. The predicted octanol–water partition coefficient (Wildman–Crippen LogP) is 17.1. The molecule has 0 heterocycles. The number of unbranched alkanes of at least 4 members (excludes halogenated alkanes) is 33. The van der Waals surface area contributed by atoms with E-state index < -0.39 is 15.6 Å². The zero-order chi connectivity index (χ0) is 44.2.